The summed E-state index contributed by atoms with van der Waals surface area (Å²) in [5.74, 6) is 1.26. The lowest BCUT2D eigenvalue weighted by molar-refractivity contribution is -0.125. The van der Waals surface area contributed by atoms with E-state index >= 15 is 0 Å². The van der Waals surface area contributed by atoms with Gasteiger partial charge in [0.25, 0.3) is 0 Å². The standard InChI is InChI=1S/C15H21N5O2/c1-10(2)16-15(21)14(20-11(3)17-18-19-20)9-12-6-5-7-13(8-12)22-4/h5-8,10,14H,9H2,1-4H3,(H,16,21)/t14-/m1/s1. The van der Waals surface area contributed by atoms with E-state index in [0.717, 1.165) is 11.3 Å². The van der Waals surface area contributed by atoms with Gasteiger partial charge in [0.2, 0.25) is 5.91 Å². The Labute approximate surface area is 129 Å². The number of ether oxygens (including phenoxy) is 1. The third kappa shape index (κ3) is 3.81. The topological polar surface area (TPSA) is 81.9 Å². The fourth-order valence-corrected chi connectivity index (χ4v) is 2.22. The molecule has 1 aromatic heterocycles. The molecule has 0 unspecified atom stereocenters. The van der Waals surface area contributed by atoms with Crippen molar-refractivity contribution < 1.29 is 9.53 Å². The SMILES string of the molecule is COc1cccc(C[C@H](C(=O)NC(C)C)n2nnnc2C)c1. The van der Waals surface area contributed by atoms with Gasteiger partial charge in [0.15, 0.2) is 0 Å². The van der Waals surface area contributed by atoms with Gasteiger partial charge in [0.05, 0.1) is 7.11 Å². The van der Waals surface area contributed by atoms with Crippen LogP contribution in [-0.2, 0) is 11.2 Å². The normalized spacial score (nSPS) is 12.2. The molecule has 0 spiro atoms. The largest absolute Gasteiger partial charge is 0.497 e. The fourth-order valence-electron chi connectivity index (χ4n) is 2.22. The van der Waals surface area contributed by atoms with E-state index in [4.69, 9.17) is 4.74 Å². The molecule has 0 aliphatic carbocycles. The molecule has 1 aromatic carbocycles. The molecule has 118 valence electrons. The molecular formula is C15H21N5O2. The molecule has 7 heteroatoms. The average molecular weight is 303 g/mol. The lowest BCUT2D eigenvalue weighted by Gasteiger charge is -2.19. The highest BCUT2D eigenvalue weighted by atomic mass is 16.5. The van der Waals surface area contributed by atoms with Crippen molar-refractivity contribution in [1.82, 2.24) is 25.5 Å². The van der Waals surface area contributed by atoms with Crippen LogP contribution in [0.25, 0.3) is 0 Å². The Hall–Kier alpha value is -2.44. The van der Waals surface area contributed by atoms with Gasteiger partial charge in [-0.2, -0.15) is 0 Å². The maximum atomic E-state index is 12.5. The molecule has 1 N–H and O–H groups in total. The molecule has 0 bridgehead atoms. The first-order chi connectivity index (χ1) is 10.5. The van der Waals surface area contributed by atoms with Crippen LogP contribution in [0.3, 0.4) is 0 Å². The summed E-state index contributed by atoms with van der Waals surface area (Å²) in [5, 5.41) is 14.4. The van der Waals surface area contributed by atoms with Gasteiger partial charge in [-0.25, -0.2) is 4.68 Å². The van der Waals surface area contributed by atoms with Crippen molar-refractivity contribution >= 4 is 5.91 Å². The minimum absolute atomic E-state index is 0.0529. The molecule has 0 aliphatic heterocycles. The van der Waals surface area contributed by atoms with E-state index in [9.17, 15) is 4.79 Å². The van der Waals surface area contributed by atoms with Gasteiger partial charge in [0.1, 0.15) is 17.6 Å². The van der Waals surface area contributed by atoms with Gasteiger partial charge < -0.3 is 10.1 Å². The number of carbonyl (C=O) groups is 1. The molecule has 2 aromatic rings. The van der Waals surface area contributed by atoms with Gasteiger partial charge in [-0.3, -0.25) is 4.79 Å². The highest BCUT2D eigenvalue weighted by Gasteiger charge is 2.24. The van der Waals surface area contributed by atoms with Crippen molar-refractivity contribution in [1.29, 1.82) is 0 Å². The first-order valence-electron chi connectivity index (χ1n) is 7.19. The van der Waals surface area contributed by atoms with Crippen LogP contribution in [0, 0.1) is 6.92 Å². The number of nitrogens with zero attached hydrogens (tertiary/aromatic N) is 4. The Bertz CT molecular complexity index is 638. The van der Waals surface area contributed by atoms with Crippen molar-refractivity contribution in [3.05, 3.63) is 35.7 Å². The van der Waals surface area contributed by atoms with E-state index in [-0.39, 0.29) is 11.9 Å². The number of benzene rings is 1. The summed E-state index contributed by atoms with van der Waals surface area (Å²) in [5.41, 5.74) is 0.984. The van der Waals surface area contributed by atoms with Gasteiger partial charge in [-0.05, 0) is 48.9 Å². The number of rotatable bonds is 6. The predicted octanol–water partition coefficient (Wildman–Crippen LogP) is 1.30. The number of aryl methyl sites for hydroxylation is 1. The van der Waals surface area contributed by atoms with Crippen LogP contribution < -0.4 is 10.1 Å². The summed E-state index contributed by atoms with van der Waals surface area (Å²) in [7, 11) is 1.62. The van der Waals surface area contributed by atoms with E-state index in [1.165, 1.54) is 0 Å². The van der Waals surface area contributed by atoms with Crippen LogP contribution in [0.2, 0.25) is 0 Å². The van der Waals surface area contributed by atoms with E-state index < -0.39 is 6.04 Å². The van der Waals surface area contributed by atoms with Gasteiger partial charge in [0, 0.05) is 12.5 Å². The van der Waals surface area contributed by atoms with Crippen molar-refractivity contribution in [3.8, 4) is 5.75 Å². The van der Waals surface area contributed by atoms with Crippen molar-refractivity contribution in [3.63, 3.8) is 0 Å². The zero-order valence-corrected chi connectivity index (χ0v) is 13.3. The van der Waals surface area contributed by atoms with E-state index in [1.807, 2.05) is 38.1 Å². The molecule has 7 nitrogen and oxygen atoms in total. The smallest absolute Gasteiger partial charge is 0.245 e. The lowest BCUT2D eigenvalue weighted by Crippen LogP contribution is -2.38. The molecule has 0 saturated carbocycles. The highest BCUT2D eigenvalue weighted by molar-refractivity contribution is 5.80. The monoisotopic (exact) mass is 303 g/mol. The molecular weight excluding hydrogens is 282 g/mol. The third-order valence-corrected chi connectivity index (χ3v) is 3.25. The first-order valence-corrected chi connectivity index (χ1v) is 7.19. The summed E-state index contributed by atoms with van der Waals surface area (Å²) in [6.07, 6.45) is 0.488. The van der Waals surface area contributed by atoms with Crippen LogP contribution in [-0.4, -0.2) is 39.3 Å². The lowest BCUT2D eigenvalue weighted by atomic mass is 10.0. The minimum atomic E-state index is -0.496. The fraction of sp³-hybridized carbons (Fsp3) is 0.467. The second-order valence-corrected chi connectivity index (χ2v) is 5.41. The highest BCUT2D eigenvalue weighted by Crippen LogP contribution is 2.19. The summed E-state index contributed by atoms with van der Waals surface area (Å²) in [6, 6.07) is 7.20. The number of hydrogen-bond acceptors (Lipinski definition) is 5. The van der Waals surface area contributed by atoms with Crippen LogP contribution in [0.15, 0.2) is 24.3 Å². The zero-order chi connectivity index (χ0) is 16.1. The molecule has 1 heterocycles. The number of amides is 1. The number of tetrazole rings is 1. The molecule has 2 rings (SSSR count). The number of nitrogens with one attached hydrogen (secondary N) is 1. The summed E-state index contributed by atoms with van der Waals surface area (Å²) >= 11 is 0. The summed E-state index contributed by atoms with van der Waals surface area (Å²) < 4.78 is 6.78. The van der Waals surface area contributed by atoms with Crippen LogP contribution >= 0.6 is 0 Å². The second kappa shape index (κ2) is 7.02. The molecule has 0 aliphatic rings. The van der Waals surface area contributed by atoms with Gasteiger partial charge >= 0.3 is 0 Å². The number of methoxy groups -OCH3 is 1. The van der Waals surface area contributed by atoms with E-state index in [1.54, 1.807) is 18.7 Å². The molecule has 0 saturated heterocycles. The molecule has 1 atom stereocenters. The number of hydrogen-bond donors (Lipinski definition) is 1. The molecule has 0 fully saturated rings. The van der Waals surface area contributed by atoms with Gasteiger partial charge in [-0.1, -0.05) is 12.1 Å². The average Bonchev–Trinajstić information content (AvgIpc) is 2.90. The van der Waals surface area contributed by atoms with Crippen LogP contribution in [0.4, 0.5) is 0 Å². The van der Waals surface area contributed by atoms with Crippen LogP contribution in [0.1, 0.15) is 31.3 Å². The molecule has 22 heavy (non-hydrogen) atoms. The molecule has 0 radical (unpaired) electrons. The van der Waals surface area contributed by atoms with E-state index in [0.29, 0.717) is 12.2 Å². The number of aromatic nitrogens is 4. The van der Waals surface area contributed by atoms with E-state index in [2.05, 4.69) is 20.8 Å². The second-order valence-electron chi connectivity index (χ2n) is 5.41. The molecule has 1 amide bonds. The Morgan fingerprint density at radius 1 is 1.41 bits per heavy atom. The third-order valence-electron chi connectivity index (χ3n) is 3.25. The predicted molar refractivity (Wildman–Crippen MR) is 81.6 cm³/mol. The summed E-state index contributed by atoms with van der Waals surface area (Å²) in [6.45, 7) is 5.63. The van der Waals surface area contributed by atoms with Gasteiger partial charge in [-0.15, -0.1) is 5.10 Å². The Morgan fingerprint density at radius 2 is 2.18 bits per heavy atom. The maximum absolute atomic E-state index is 12.5. The Balaban J connectivity index is 2.28. The first kappa shape index (κ1) is 15.9. The van der Waals surface area contributed by atoms with Crippen molar-refractivity contribution in [2.45, 2.75) is 39.3 Å². The quantitative estimate of drug-likeness (QED) is 0.870. The Morgan fingerprint density at radius 3 is 2.77 bits per heavy atom. The Kier molecular flexibility index (Phi) is 5.08. The minimum Gasteiger partial charge on any atom is -0.497 e. The van der Waals surface area contributed by atoms with Crippen LogP contribution in [0.5, 0.6) is 5.75 Å². The maximum Gasteiger partial charge on any atom is 0.245 e. The zero-order valence-electron chi connectivity index (χ0n) is 13.3. The summed E-state index contributed by atoms with van der Waals surface area (Å²) in [4.78, 5) is 12.5. The van der Waals surface area contributed by atoms with Crippen molar-refractivity contribution in [2.75, 3.05) is 7.11 Å². The number of carbonyl (C=O) groups excluding carboxylic acids is 1. The van der Waals surface area contributed by atoms with Crippen molar-refractivity contribution in [2.24, 2.45) is 0 Å².